The largest absolute Gasteiger partial charge is 0.309 e. The lowest BCUT2D eigenvalue weighted by atomic mass is 9.70. The van der Waals surface area contributed by atoms with Crippen molar-refractivity contribution >= 4 is 21.8 Å². The predicted molar refractivity (Wildman–Crippen MR) is 155 cm³/mol. The van der Waals surface area contributed by atoms with Crippen LogP contribution in [-0.4, -0.2) is 4.57 Å². The van der Waals surface area contributed by atoms with Gasteiger partial charge in [-0.3, -0.25) is 0 Å². The third kappa shape index (κ3) is 3.52. The van der Waals surface area contributed by atoms with Gasteiger partial charge < -0.3 is 4.57 Å². The maximum absolute atomic E-state index is 2.56. The number of hydrogen-bond acceptors (Lipinski definition) is 0. The van der Waals surface area contributed by atoms with E-state index in [0.29, 0.717) is 0 Å². The second-order valence-electron chi connectivity index (χ2n) is 10.6. The van der Waals surface area contributed by atoms with Crippen molar-refractivity contribution in [3.8, 4) is 16.8 Å². The van der Waals surface area contributed by atoms with Crippen LogP contribution in [0.15, 0.2) is 91.0 Å². The number of rotatable bonds is 9. The molecular weight excluding hydrogens is 434 g/mol. The number of hydrogen-bond donors (Lipinski definition) is 0. The van der Waals surface area contributed by atoms with E-state index in [-0.39, 0.29) is 5.41 Å². The monoisotopic (exact) mass is 471 g/mol. The molecule has 0 saturated heterocycles. The Morgan fingerprint density at radius 3 is 1.75 bits per heavy atom. The van der Waals surface area contributed by atoms with Crippen molar-refractivity contribution in [1.29, 1.82) is 0 Å². The van der Waals surface area contributed by atoms with Crippen LogP contribution < -0.4 is 0 Å². The number of fused-ring (bicyclic) bond motifs is 6. The molecule has 36 heavy (non-hydrogen) atoms. The van der Waals surface area contributed by atoms with E-state index in [4.69, 9.17) is 0 Å². The van der Waals surface area contributed by atoms with Gasteiger partial charge >= 0.3 is 0 Å². The quantitative estimate of drug-likeness (QED) is 0.188. The Hall–Kier alpha value is -3.32. The van der Waals surface area contributed by atoms with Crippen LogP contribution in [0.3, 0.4) is 0 Å². The number of benzene rings is 4. The molecule has 1 heterocycles. The van der Waals surface area contributed by atoms with Gasteiger partial charge in [0.1, 0.15) is 0 Å². The first-order valence-corrected chi connectivity index (χ1v) is 14.0. The molecule has 0 unspecified atom stereocenters. The van der Waals surface area contributed by atoms with Crippen LogP contribution in [0.25, 0.3) is 38.6 Å². The lowest BCUT2D eigenvalue weighted by molar-refractivity contribution is 0.404. The summed E-state index contributed by atoms with van der Waals surface area (Å²) in [5.74, 6) is 0. The zero-order valence-electron chi connectivity index (χ0n) is 21.8. The van der Waals surface area contributed by atoms with Gasteiger partial charge in [0.15, 0.2) is 0 Å². The Morgan fingerprint density at radius 2 is 1.11 bits per heavy atom. The van der Waals surface area contributed by atoms with E-state index >= 15 is 0 Å². The number of para-hydroxylation sites is 2. The summed E-state index contributed by atoms with van der Waals surface area (Å²) in [6, 6.07) is 34.2. The zero-order valence-corrected chi connectivity index (χ0v) is 21.8. The summed E-state index contributed by atoms with van der Waals surface area (Å²) < 4.78 is 2.56. The van der Waals surface area contributed by atoms with Crippen molar-refractivity contribution in [2.75, 3.05) is 0 Å². The van der Waals surface area contributed by atoms with E-state index in [9.17, 15) is 0 Å². The van der Waals surface area contributed by atoms with Crippen LogP contribution in [0, 0.1) is 0 Å². The molecule has 0 aliphatic heterocycles. The minimum Gasteiger partial charge on any atom is -0.309 e. The van der Waals surface area contributed by atoms with E-state index in [1.54, 1.807) is 11.1 Å². The molecule has 5 aromatic rings. The van der Waals surface area contributed by atoms with Crippen molar-refractivity contribution in [1.82, 2.24) is 4.57 Å². The maximum atomic E-state index is 2.56. The van der Waals surface area contributed by atoms with Gasteiger partial charge in [0, 0.05) is 16.2 Å². The third-order valence-electron chi connectivity index (χ3n) is 8.49. The third-order valence-corrected chi connectivity index (χ3v) is 8.49. The Kier molecular flexibility index (Phi) is 6.17. The first-order valence-electron chi connectivity index (χ1n) is 14.0. The lowest BCUT2D eigenvalue weighted by Gasteiger charge is -2.34. The van der Waals surface area contributed by atoms with E-state index in [0.717, 1.165) is 0 Å². The standard InChI is InChI=1S/C35H37N/c1-3-5-13-24-35(25-14-6-4-2)30-20-10-7-16-26(30)29-19-15-23-33(34(29)35)36-31-21-11-8-17-27(31)28-18-9-12-22-32(28)36/h7-12,15-23H,3-6,13-14,24-25H2,1-2H3. The minimum atomic E-state index is 0.0688. The molecule has 182 valence electrons. The van der Waals surface area contributed by atoms with Gasteiger partial charge in [-0.2, -0.15) is 0 Å². The first kappa shape index (κ1) is 23.1. The molecule has 0 spiro atoms. The van der Waals surface area contributed by atoms with Crippen LogP contribution in [0.4, 0.5) is 0 Å². The average Bonchev–Trinajstić information content (AvgIpc) is 3.40. The van der Waals surface area contributed by atoms with Crippen molar-refractivity contribution in [3.05, 3.63) is 102 Å². The van der Waals surface area contributed by atoms with Crippen LogP contribution in [-0.2, 0) is 5.41 Å². The SMILES string of the molecule is CCCCCC1(CCCCC)c2ccccc2-c2cccc(-n3c4ccccc4c4ccccc43)c21. The molecule has 0 N–H and O–H groups in total. The fraction of sp³-hybridized carbons (Fsp3) is 0.314. The van der Waals surface area contributed by atoms with Crippen molar-refractivity contribution in [2.45, 2.75) is 70.6 Å². The molecule has 1 nitrogen and oxygen atoms in total. The number of unbranched alkanes of at least 4 members (excludes halogenated alkanes) is 4. The zero-order chi connectivity index (χ0) is 24.5. The first-order chi connectivity index (χ1) is 17.8. The van der Waals surface area contributed by atoms with Gasteiger partial charge in [-0.05, 0) is 53.3 Å². The smallest absolute Gasteiger partial charge is 0.0541 e. The predicted octanol–water partition coefficient (Wildman–Crippen LogP) is 10.2. The number of aromatic nitrogens is 1. The highest BCUT2D eigenvalue weighted by atomic mass is 15.0. The summed E-state index contributed by atoms with van der Waals surface area (Å²) >= 11 is 0. The van der Waals surface area contributed by atoms with Crippen LogP contribution in [0.1, 0.15) is 76.3 Å². The summed E-state index contributed by atoms with van der Waals surface area (Å²) in [5, 5.41) is 2.67. The normalized spacial score (nSPS) is 13.8. The van der Waals surface area contributed by atoms with Gasteiger partial charge in [-0.15, -0.1) is 0 Å². The molecule has 0 saturated carbocycles. The summed E-state index contributed by atoms with van der Waals surface area (Å²) in [5.41, 5.74) is 10.1. The van der Waals surface area contributed by atoms with E-state index in [2.05, 4.69) is 109 Å². The molecule has 0 amide bonds. The highest BCUT2D eigenvalue weighted by molar-refractivity contribution is 6.09. The summed E-state index contributed by atoms with van der Waals surface area (Å²) in [4.78, 5) is 0. The van der Waals surface area contributed by atoms with Gasteiger partial charge in [0.2, 0.25) is 0 Å². The highest BCUT2D eigenvalue weighted by Crippen LogP contribution is 2.56. The summed E-state index contributed by atoms with van der Waals surface area (Å²) in [7, 11) is 0. The lowest BCUT2D eigenvalue weighted by Crippen LogP contribution is -2.27. The molecule has 0 fully saturated rings. The van der Waals surface area contributed by atoms with E-state index < -0.39 is 0 Å². The maximum Gasteiger partial charge on any atom is 0.0541 e. The molecule has 1 aliphatic rings. The van der Waals surface area contributed by atoms with E-state index in [1.165, 1.54) is 90.0 Å². The van der Waals surface area contributed by atoms with Crippen molar-refractivity contribution < 1.29 is 0 Å². The fourth-order valence-electron chi connectivity index (χ4n) is 6.90. The Balaban J connectivity index is 1.67. The Bertz CT molecular complexity index is 1460. The molecule has 0 radical (unpaired) electrons. The van der Waals surface area contributed by atoms with Crippen molar-refractivity contribution in [3.63, 3.8) is 0 Å². The fourth-order valence-corrected chi connectivity index (χ4v) is 6.90. The van der Waals surface area contributed by atoms with Crippen LogP contribution in [0.5, 0.6) is 0 Å². The van der Waals surface area contributed by atoms with Crippen LogP contribution in [0.2, 0.25) is 0 Å². The summed E-state index contributed by atoms with van der Waals surface area (Å²) in [6.07, 6.45) is 10.1. The second kappa shape index (κ2) is 9.62. The van der Waals surface area contributed by atoms with Crippen LogP contribution >= 0.6 is 0 Å². The molecule has 6 rings (SSSR count). The van der Waals surface area contributed by atoms with E-state index in [1.807, 2.05) is 0 Å². The second-order valence-corrected chi connectivity index (χ2v) is 10.6. The van der Waals surface area contributed by atoms with Gasteiger partial charge in [0.25, 0.3) is 0 Å². The molecule has 0 atom stereocenters. The summed E-state index contributed by atoms with van der Waals surface area (Å²) in [6.45, 7) is 4.65. The Morgan fingerprint density at radius 1 is 0.556 bits per heavy atom. The molecule has 4 aromatic carbocycles. The van der Waals surface area contributed by atoms with Gasteiger partial charge in [-0.25, -0.2) is 0 Å². The van der Waals surface area contributed by atoms with Gasteiger partial charge in [0.05, 0.1) is 16.7 Å². The van der Waals surface area contributed by atoms with Gasteiger partial charge in [-0.1, -0.05) is 125 Å². The Labute approximate surface area is 215 Å². The average molecular weight is 472 g/mol. The highest BCUT2D eigenvalue weighted by Gasteiger charge is 2.44. The molecule has 1 aliphatic carbocycles. The number of nitrogens with zero attached hydrogens (tertiary/aromatic N) is 1. The molecule has 1 aromatic heterocycles. The molecule has 1 heteroatoms. The van der Waals surface area contributed by atoms with Crippen molar-refractivity contribution in [2.24, 2.45) is 0 Å². The minimum absolute atomic E-state index is 0.0688. The molecule has 0 bridgehead atoms. The molecular formula is C35H37N. The topological polar surface area (TPSA) is 4.93 Å².